The lowest BCUT2D eigenvalue weighted by atomic mass is 10.1. The standard InChI is InChI=1S/C17H15FN4O3S/c1-9-3-12-15(22-11-5-10(18)6-20-7-11)13(17(19)23)8-21-16(12)14(4-9)26(2,24)25/h3-8H,1-2H3,(H2,19,23)(H,21,22). The van der Waals surface area contributed by atoms with E-state index in [1.807, 2.05) is 0 Å². The van der Waals surface area contributed by atoms with Gasteiger partial charge in [0, 0.05) is 23.9 Å². The Labute approximate surface area is 149 Å². The molecule has 7 nitrogen and oxygen atoms in total. The second kappa shape index (κ2) is 6.34. The molecule has 2 aromatic heterocycles. The molecule has 3 N–H and O–H groups in total. The number of halogens is 1. The zero-order valence-electron chi connectivity index (χ0n) is 13.9. The average molecular weight is 374 g/mol. The lowest BCUT2D eigenvalue weighted by Crippen LogP contribution is -2.15. The molecule has 3 aromatic rings. The molecule has 0 bridgehead atoms. The summed E-state index contributed by atoms with van der Waals surface area (Å²) in [6.45, 7) is 1.72. The molecule has 2 heterocycles. The summed E-state index contributed by atoms with van der Waals surface area (Å²) >= 11 is 0. The Kier molecular flexibility index (Phi) is 4.33. The van der Waals surface area contributed by atoms with Crippen LogP contribution in [0.5, 0.6) is 0 Å². The maximum atomic E-state index is 13.4. The van der Waals surface area contributed by atoms with E-state index < -0.39 is 21.6 Å². The van der Waals surface area contributed by atoms with Crippen molar-refractivity contribution in [1.82, 2.24) is 9.97 Å². The minimum Gasteiger partial charge on any atom is -0.365 e. The second-order valence-corrected chi connectivity index (χ2v) is 7.84. The fourth-order valence-corrected chi connectivity index (χ4v) is 3.55. The van der Waals surface area contributed by atoms with Crippen LogP contribution in [0.1, 0.15) is 15.9 Å². The van der Waals surface area contributed by atoms with Crippen LogP contribution in [0.15, 0.2) is 41.7 Å². The predicted octanol–water partition coefficient (Wildman–Crippen LogP) is 2.32. The highest BCUT2D eigenvalue weighted by Crippen LogP contribution is 2.33. The average Bonchev–Trinajstić information content (AvgIpc) is 2.53. The van der Waals surface area contributed by atoms with Crippen molar-refractivity contribution in [3.8, 4) is 0 Å². The number of primary amides is 1. The van der Waals surface area contributed by atoms with Gasteiger partial charge < -0.3 is 11.1 Å². The molecule has 1 aromatic carbocycles. The van der Waals surface area contributed by atoms with Gasteiger partial charge in [0.15, 0.2) is 9.84 Å². The molecular weight excluding hydrogens is 359 g/mol. The van der Waals surface area contributed by atoms with Crippen molar-refractivity contribution in [3.63, 3.8) is 0 Å². The van der Waals surface area contributed by atoms with Crippen molar-refractivity contribution >= 4 is 38.0 Å². The number of carbonyl (C=O) groups is 1. The van der Waals surface area contributed by atoms with Crippen LogP contribution in [-0.4, -0.2) is 30.5 Å². The van der Waals surface area contributed by atoms with Gasteiger partial charge in [-0.05, 0) is 24.6 Å². The van der Waals surface area contributed by atoms with Crippen LogP contribution in [0.25, 0.3) is 10.9 Å². The molecule has 0 fully saturated rings. The predicted molar refractivity (Wildman–Crippen MR) is 95.6 cm³/mol. The van der Waals surface area contributed by atoms with E-state index in [9.17, 15) is 17.6 Å². The Morgan fingerprint density at radius 3 is 2.54 bits per heavy atom. The van der Waals surface area contributed by atoms with Gasteiger partial charge in [0.2, 0.25) is 0 Å². The number of benzene rings is 1. The van der Waals surface area contributed by atoms with Gasteiger partial charge in [-0.2, -0.15) is 0 Å². The number of sulfone groups is 1. The Morgan fingerprint density at radius 1 is 1.19 bits per heavy atom. The summed E-state index contributed by atoms with van der Waals surface area (Å²) in [4.78, 5) is 19.7. The molecule has 1 amide bonds. The van der Waals surface area contributed by atoms with E-state index in [2.05, 4.69) is 15.3 Å². The lowest BCUT2D eigenvalue weighted by Gasteiger charge is -2.15. The van der Waals surface area contributed by atoms with Gasteiger partial charge in [-0.15, -0.1) is 0 Å². The first-order chi connectivity index (χ1) is 12.2. The van der Waals surface area contributed by atoms with Crippen molar-refractivity contribution in [2.24, 2.45) is 5.73 Å². The number of aromatic nitrogens is 2. The number of pyridine rings is 2. The monoisotopic (exact) mass is 374 g/mol. The van der Waals surface area contributed by atoms with Crippen molar-refractivity contribution in [3.05, 3.63) is 53.7 Å². The molecule has 0 aliphatic heterocycles. The van der Waals surface area contributed by atoms with Crippen molar-refractivity contribution in [2.45, 2.75) is 11.8 Å². The third-order valence-electron chi connectivity index (χ3n) is 3.72. The molecule has 0 saturated carbocycles. The second-order valence-electron chi connectivity index (χ2n) is 5.86. The van der Waals surface area contributed by atoms with Crippen molar-refractivity contribution in [1.29, 1.82) is 0 Å². The Hall–Kier alpha value is -3.07. The molecule has 0 spiro atoms. The number of anilines is 2. The van der Waals surface area contributed by atoms with Gasteiger partial charge in [0.05, 0.1) is 39.7 Å². The van der Waals surface area contributed by atoms with Crippen LogP contribution in [-0.2, 0) is 9.84 Å². The normalized spacial score (nSPS) is 11.5. The highest BCUT2D eigenvalue weighted by Gasteiger charge is 2.20. The molecule has 0 radical (unpaired) electrons. The van der Waals surface area contributed by atoms with Gasteiger partial charge in [-0.3, -0.25) is 14.8 Å². The summed E-state index contributed by atoms with van der Waals surface area (Å²) in [5.41, 5.74) is 6.84. The van der Waals surface area contributed by atoms with Crippen LogP contribution < -0.4 is 11.1 Å². The van der Waals surface area contributed by atoms with Crippen LogP contribution in [0.4, 0.5) is 15.8 Å². The molecule has 134 valence electrons. The fraction of sp³-hybridized carbons (Fsp3) is 0.118. The smallest absolute Gasteiger partial charge is 0.252 e. The Bertz CT molecular complexity index is 1150. The largest absolute Gasteiger partial charge is 0.365 e. The number of carbonyl (C=O) groups excluding carboxylic acids is 1. The highest BCUT2D eigenvalue weighted by atomic mass is 32.2. The van der Waals surface area contributed by atoms with Crippen molar-refractivity contribution in [2.75, 3.05) is 11.6 Å². The van der Waals surface area contributed by atoms with E-state index in [1.54, 1.807) is 13.0 Å². The SMILES string of the molecule is Cc1cc(S(C)(=O)=O)c2ncc(C(N)=O)c(Nc3cncc(F)c3)c2c1. The molecule has 0 saturated heterocycles. The number of fused-ring (bicyclic) bond motifs is 1. The van der Waals surface area contributed by atoms with Gasteiger partial charge in [0.25, 0.3) is 5.91 Å². The van der Waals surface area contributed by atoms with Crippen LogP contribution in [0, 0.1) is 12.7 Å². The summed E-state index contributed by atoms with van der Waals surface area (Å²) in [5.74, 6) is -1.32. The van der Waals surface area contributed by atoms with E-state index >= 15 is 0 Å². The first kappa shape index (κ1) is 17.7. The molecule has 3 rings (SSSR count). The molecule has 0 atom stereocenters. The summed E-state index contributed by atoms with van der Waals surface area (Å²) in [6, 6.07) is 4.37. The van der Waals surface area contributed by atoms with E-state index in [0.29, 0.717) is 10.9 Å². The van der Waals surface area contributed by atoms with Gasteiger partial charge in [0.1, 0.15) is 5.82 Å². The summed E-state index contributed by atoms with van der Waals surface area (Å²) in [6.07, 6.45) is 4.68. The number of nitrogens with one attached hydrogen (secondary N) is 1. The third-order valence-corrected chi connectivity index (χ3v) is 4.83. The minimum atomic E-state index is -3.56. The van der Waals surface area contributed by atoms with E-state index in [1.165, 1.54) is 24.5 Å². The van der Waals surface area contributed by atoms with Crippen LogP contribution in [0.3, 0.4) is 0 Å². The van der Waals surface area contributed by atoms with E-state index in [4.69, 9.17) is 5.73 Å². The number of rotatable bonds is 4. The summed E-state index contributed by atoms with van der Waals surface area (Å²) < 4.78 is 37.7. The zero-order chi connectivity index (χ0) is 19.1. The fourth-order valence-electron chi connectivity index (χ4n) is 2.64. The molecular formula is C17H15FN4O3S. The van der Waals surface area contributed by atoms with Crippen LogP contribution >= 0.6 is 0 Å². The summed E-state index contributed by atoms with van der Waals surface area (Å²) in [5, 5.41) is 3.29. The van der Waals surface area contributed by atoms with Gasteiger partial charge in [-0.1, -0.05) is 0 Å². The maximum absolute atomic E-state index is 13.4. The summed E-state index contributed by atoms with van der Waals surface area (Å²) in [7, 11) is -3.56. The van der Waals surface area contributed by atoms with E-state index in [-0.39, 0.29) is 27.4 Å². The first-order valence-corrected chi connectivity index (χ1v) is 9.37. The molecule has 26 heavy (non-hydrogen) atoms. The molecule has 0 unspecified atom stereocenters. The van der Waals surface area contributed by atoms with Crippen LogP contribution in [0.2, 0.25) is 0 Å². The maximum Gasteiger partial charge on any atom is 0.252 e. The topological polar surface area (TPSA) is 115 Å². The van der Waals surface area contributed by atoms with E-state index in [0.717, 1.165) is 12.5 Å². The quantitative estimate of drug-likeness (QED) is 0.724. The number of hydrogen-bond acceptors (Lipinski definition) is 6. The minimum absolute atomic E-state index is 0.0314. The highest BCUT2D eigenvalue weighted by molar-refractivity contribution is 7.91. The third kappa shape index (κ3) is 3.33. The van der Waals surface area contributed by atoms with Gasteiger partial charge >= 0.3 is 0 Å². The number of aryl methyl sites for hydroxylation is 1. The Morgan fingerprint density at radius 2 is 1.92 bits per heavy atom. The number of hydrogen-bond donors (Lipinski definition) is 2. The molecule has 0 aliphatic rings. The number of amides is 1. The van der Waals surface area contributed by atoms with Gasteiger partial charge in [-0.25, -0.2) is 12.8 Å². The Balaban J connectivity index is 2.36. The molecule has 9 heteroatoms. The zero-order valence-corrected chi connectivity index (χ0v) is 14.8. The first-order valence-electron chi connectivity index (χ1n) is 7.47. The number of nitrogens with zero attached hydrogens (tertiary/aromatic N) is 2. The number of nitrogens with two attached hydrogens (primary N) is 1. The van der Waals surface area contributed by atoms with Crippen molar-refractivity contribution < 1.29 is 17.6 Å². The molecule has 0 aliphatic carbocycles. The lowest BCUT2D eigenvalue weighted by molar-refractivity contribution is 0.100.